The highest BCUT2D eigenvalue weighted by Crippen LogP contribution is 2.28. The third-order valence-corrected chi connectivity index (χ3v) is 2.92. The fourth-order valence-electron chi connectivity index (χ4n) is 0.815. The van der Waals surface area contributed by atoms with Crippen molar-refractivity contribution in [1.82, 2.24) is 9.97 Å². The zero-order valence-electron chi connectivity index (χ0n) is 7.03. The Morgan fingerprint density at radius 1 is 1.64 bits per heavy atom. The Balaban J connectivity index is 3.34. The molecule has 0 saturated carbocycles. The molecular formula is C6H5ClIN3O2S. The summed E-state index contributed by atoms with van der Waals surface area (Å²) in [5, 5.41) is 11.0. The quantitative estimate of drug-likeness (QED) is 0.160. The fourth-order valence-corrected chi connectivity index (χ4v) is 2.04. The van der Waals surface area contributed by atoms with Crippen LogP contribution in [0.4, 0.5) is 5.69 Å². The average Bonchev–Trinajstić information content (AvgIpc) is 2.15. The van der Waals surface area contributed by atoms with E-state index in [1.807, 2.05) is 22.6 Å². The number of aromatic nitrogens is 2. The molecule has 5 nitrogen and oxygen atoms in total. The molecule has 76 valence electrons. The molecule has 0 aliphatic rings. The molecule has 0 atom stereocenters. The van der Waals surface area contributed by atoms with Gasteiger partial charge in [0.15, 0.2) is 5.16 Å². The predicted molar refractivity (Wildman–Crippen MR) is 63.2 cm³/mol. The molecule has 0 aliphatic heterocycles. The molecule has 1 heterocycles. The monoisotopic (exact) mass is 345 g/mol. The van der Waals surface area contributed by atoms with Crippen LogP contribution in [0.5, 0.6) is 0 Å². The number of hydrogen-bond donors (Lipinski definition) is 0. The summed E-state index contributed by atoms with van der Waals surface area (Å²) in [5.74, 6) is 0. The molecule has 0 spiro atoms. The Labute approximate surface area is 103 Å². The third kappa shape index (κ3) is 2.45. The van der Waals surface area contributed by atoms with Crippen LogP contribution >= 0.6 is 46.0 Å². The Morgan fingerprint density at radius 3 is 2.71 bits per heavy atom. The molecule has 1 aromatic rings. The SMILES string of the molecule is CSc1nc(Cl)c([N+](=O)[O-])c(CI)n1. The van der Waals surface area contributed by atoms with Gasteiger partial charge in [-0.15, -0.1) is 0 Å². The minimum absolute atomic E-state index is 0.0963. The van der Waals surface area contributed by atoms with Gasteiger partial charge in [-0.2, -0.15) is 0 Å². The number of alkyl halides is 1. The van der Waals surface area contributed by atoms with Gasteiger partial charge in [0, 0.05) is 4.43 Å². The summed E-state index contributed by atoms with van der Waals surface area (Å²) in [6.07, 6.45) is 1.79. The van der Waals surface area contributed by atoms with Crippen LogP contribution in [0.1, 0.15) is 5.69 Å². The van der Waals surface area contributed by atoms with Gasteiger partial charge in [0.25, 0.3) is 0 Å². The summed E-state index contributed by atoms with van der Waals surface area (Å²) in [6, 6.07) is 0. The van der Waals surface area contributed by atoms with Crippen molar-refractivity contribution >= 4 is 51.6 Å². The molecule has 0 N–H and O–H groups in total. The van der Waals surface area contributed by atoms with Gasteiger partial charge in [0.05, 0.1) is 4.92 Å². The van der Waals surface area contributed by atoms with E-state index >= 15 is 0 Å². The maximum Gasteiger partial charge on any atom is 0.328 e. The molecular weight excluding hydrogens is 341 g/mol. The van der Waals surface area contributed by atoms with Crippen LogP contribution in [0.3, 0.4) is 0 Å². The number of nitro groups is 1. The average molecular weight is 346 g/mol. The first kappa shape index (κ1) is 11.9. The molecule has 0 radical (unpaired) electrons. The van der Waals surface area contributed by atoms with Crippen molar-refractivity contribution in [1.29, 1.82) is 0 Å². The van der Waals surface area contributed by atoms with Crippen molar-refractivity contribution < 1.29 is 4.92 Å². The molecule has 0 aliphatic carbocycles. The number of halogens is 2. The Morgan fingerprint density at radius 2 is 2.29 bits per heavy atom. The van der Waals surface area contributed by atoms with Gasteiger partial charge in [-0.3, -0.25) is 10.1 Å². The first-order valence-electron chi connectivity index (χ1n) is 3.41. The molecule has 1 rings (SSSR count). The van der Waals surface area contributed by atoms with Gasteiger partial charge < -0.3 is 0 Å². The van der Waals surface area contributed by atoms with Gasteiger partial charge in [-0.25, -0.2) is 9.97 Å². The van der Waals surface area contributed by atoms with Crippen molar-refractivity contribution in [3.8, 4) is 0 Å². The highest BCUT2D eigenvalue weighted by atomic mass is 127. The van der Waals surface area contributed by atoms with Gasteiger partial charge in [0.1, 0.15) is 5.69 Å². The normalized spacial score (nSPS) is 10.2. The van der Waals surface area contributed by atoms with E-state index in [0.717, 1.165) is 0 Å². The second-order valence-electron chi connectivity index (χ2n) is 2.19. The molecule has 1 aromatic heterocycles. The molecule has 0 unspecified atom stereocenters. The van der Waals surface area contributed by atoms with Crippen LogP contribution in [0, 0.1) is 10.1 Å². The summed E-state index contributed by atoms with van der Waals surface area (Å²) in [7, 11) is 0. The van der Waals surface area contributed by atoms with Crippen LogP contribution in [0.15, 0.2) is 5.16 Å². The fraction of sp³-hybridized carbons (Fsp3) is 0.333. The van der Waals surface area contributed by atoms with Crippen molar-refractivity contribution in [2.24, 2.45) is 0 Å². The smallest absolute Gasteiger partial charge is 0.258 e. The van der Waals surface area contributed by atoms with E-state index in [0.29, 0.717) is 15.3 Å². The second-order valence-corrected chi connectivity index (χ2v) is 4.08. The van der Waals surface area contributed by atoms with Crippen LogP contribution in [-0.2, 0) is 4.43 Å². The van der Waals surface area contributed by atoms with Gasteiger partial charge in [-0.1, -0.05) is 46.0 Å². The lowest BCUT2D eigenvalue weighted by atomic mass is 10.4. The van der Waals surface area contributed by atoms with E-state index in [2.05, 4.69) is 9.97 Å². The zero-order valence-corrected chi connectivity index (χ0v) is 10.8. The lowest BCUT2D eigenvalue weighted by Crippen LogP contribution is -2.01. The van der Waals surface area contributed by atoms with E-state index in [-0.39, 0.29) is 10.8 Å². The van der Waals surface area contributed by atoms with Crippen LogP contribution in [0.25, 0.3) is 0 Å². The van der Waals surface area contributed by atoms with Gasteiger partial charge >= 0.3 is 5.69 Å². The summed E-state index contributed by atoms with van der Waals surface area (Å²) in [5.41, 5.74) is 0.166. The minimum Gasteiger partial charge on any atom is -0.258 e. The Bertz CT molecular complexity index is 376. The lowest BCUT2D eigenvalue weighted by molar-refractivity contribution is -0.386. The highest BCUT2D eigenvalue weighted by molar-refractivity contribution is 14.1. The van der Waals surface area contributed by atoms with Gasteiger partial charge in [0.2, 0.25) is 5.15 Å². The van der Waals surface area contributed by atoms with Crippen molar-refractivity contribution in [3.63, 3.8) is 0 Å². The van der Waals surface area contributed by atoms with E-state index < -0.39 is 4.92 Å². The van der Waals surface area contributed by atoms with Crippen molar-refractivity contribution in [2.75, 3.05) is 6.26 Å². The Hall–Kier alpha value is -0.150. The maximum atomic E-state index is 10.6. The number of nitrogens with zero attached hydrogens (tertiary/aromatic N) is 3. The predicted octanol–water partition coefficient (Wildman–Crippen LogP) is 2.70. The molecule has 14 heavy (non-hydrogen) atoms. The highest BCUT2D eigenvalue weighted by Gasteiger charge is 2.22. The standard InChI is InChI=1S/C6H5ClIN3O2S/c1-14-6-9-3(2-8)4(11(12)13)5(7)10-6/h2H2,1H3. The molecule has 0 amide bonds. The van der Waals surface area contributed by atoms with Crippen LogP contribution in [0.2, 0.25) is 5.15 Å². The summed E-state index contributed by atoms with van der Waals surface area (Å²) in [4.78, 5) is 17.9. The minimum atomic E-state index is -0.555. The first-order valence-corrected chi connectivity index (χ1v) is 6.53. The largest absolute Gasteiger partial charge is 0.328 e. The van der Waals surface area contributed by atoms with E-state index in [1.165, 1.54) is 11.8 Å². The van der Waals surface area contributed by atoms with Gasteiger partial charge in [-0.05, 0) is 6.26 Å². The van der Waals surface area contributed by atoms with Crippen molar-refractivity contribution in [2.45, 2.75) is 9.58 Å². The molecule has 0 saturated heterocycles. The topological polar surface area (TPSA) is 68.9 Å². The summed E-state index contributed by atoms with van der Waals surface area (Å²) in [6.45, 7) is 0. The molecule has 0 fully saturated rings. The molecule has 0 aromatic carbocycles. The lowest BCUT2D eigenvalue weighted by Gasteiger charge is -2.01. The molecule has 8 heteroatoms. The third-order valence-electron chi connectivity index (χ3n) is 1.38. The molecule has 0 bridgehead atoms. The van der Waals surface area contributed by atoms with E-state index in [9.17, 15) is 10.1 Å². The first-order chi connectivity index (χ1) is 6.60. The number of thioether (sulfide) groups is 1. The van der Waals surface area contributed by atoms with Crippen LogP contribution < -0.4 is 0 Å². The Kier molecular flexibility index (Phi) is 4.32. The number of hydrogen-bond acceptors (Lipinski definition) is 5. The summed E-state index contributed by atoms with van der Waals surface area (Å²) < 4.78 is 0.434. The second kappa shape index (κ2) is 5.08. The van der Waals surface area contributed by atoms with Crippen molar-refractivity contribution in [3.05, 3.63) is 21.0 Å². The maximum absolute atomic E-state index is 10.6. The van der Waals surface area contributed by atoms with Crippen LogP contribution in [-0.4, -0.2) is 21.1 Å². The number of rotatable bonds is 3. The zero-order chi connectivity index (χ0) is 10.7. The van der Waals surface area contributed by atoms with E-state index in [4.69, 9.17) is 11.6 Å². The summed E-state index contributed by atoms with van der Waals surface area (Å²) >= 11 is 8.98. The van der Waals surface area contributed by atoms with E-state index in [1.54, 1.807) is 6.26 Å².